The van der Waals surface area contributed by atoms with Gasteiger partial charge in [-0.05, 0) is 25.3 Å². The van der Waals surface area contributed by atoms with Crippen LogP contribution in [-0.4, -0.2) is 42.8 Å². The molecule has 1 aliphatic rings. The Kier molecular flexibility index (Phi) is 5.73. The molecule has 1 amide bonds. The summed E-state index contributed by atoms with van der Waals surface area (Å²) in [6.07, 6.45) is -0.846. The van der Waals surface area contributed by atoms with E-state index in [1.54, 1.807) is 0 Å². The van der Waals surface area contributed by atoms with Crippen LogP contribution in [0, 0.1) is 16.0 Å². The zero-order valence-electron chi connectivity index (χ0n) is 13.5. The van der Waals surface area contributed by atoms with Crippen LogP contribution in [0.5, 0.6) is 0 Å². The summed E-state index contributed by atoms with van der Waals surface area (Å²) in [5.74, 6) is -1.69. The SMILES string of the molecule is C[C@@H](OC(=O)C[C@@H]1CCS(=O)(=O)C1)C(=O)Nc1ccccc1[N+](=O)[O-]. The van der Waals surface area contributed by atoms with Crippen molar-refractivity contribution in [3.8, 4) is 0 Å². The van der Waals surface area contributed by atoms with Gasteiger partial charge in [-0.25, -0.2) is 8.42 Å². The van der Waals surface area contributed by atoms with Crippen LogP contribution < -0.4 is 5.32 Å². The van der Waals surface area contributed by atoms with Crippen LogP contribution in [0.15, 0.2) is 24.3 Å². The molecule has 25 heavy (non-hydrogen) atoms. The third-order valence-electron chi connectivity index (χ3n) is 3.82. The lowest BCUT2D eigenvalue weighted by molar-refractivity contribution is -0.383. The number of rotatable bonds is 6. The Morgan fingerprint density at radius 2 is 2.08 bits per heavy atom. The van der Waals surface area contributed by atoms with Crippen molar-refractivity contribution in [1.82, 2.24) is 0 Å². The second-order valence-electron chi connectivity index (χ2n) is 5.87. The first-order valence-electron chi connectivity index (χ1n) is 7.62. The molecule has 0 saturated carbocycles. The number of hydrogen-bond donors (Lipinski definition) is 1. The number of esters is 1. The summed E-state index contributed by atoms with van der Waals surface area (Å²) in [6, 6.07) is 5.60. The molecule has 0 unspecified atom stereocenters. The second kappa shape index (κ2) is 7.60. The molecule has 1 heterocycles. The van der Waals surface area contributed by atoms with Crippen LogP contribution in [0.3, 0.4) is 0 Å². The van der Waals surface area contributed by atoms with Crippen LogP contribution in [0.2, 0.25) is 0 Å². The summed E-state index contributed by atoms with van der Waals surface area (Å²) in [5, 5.41) is 13.3. The number of nitrogens with zero attached hydrogens (tertiary/aromatic N) is 1. The third kappa shape index (κ3) is 5.24. The largest absolute Gasteiger partial charge is 0.453 e. The van der Waals surface area contributed by atoms with Gasteiger partial charge in [-0.1, -0.05) is 12.1 Å². The fourth-order valence-electron chi connectivity index (χ4n) is 2.54. The van der Waals surface area contributed by atoms with Gasteiger partial charge in [-0.2, -0.15) is 0 Å². The lowest BCUT2D eigenvalue weighted by Gasteiger charge is -2.14. The molecule has 0 bridgehead atoms. The zero-order chi connectivity index (χ0) is 18.6. The predicted molar refractivity (Wildman–Crippen MR) is 88.7 cm³/mol. The third-order valence-corrected chi connectivity index (χ3v) is 5.66. The molecule has 9 nitrogen and oxygen atoms in total. The molecule has 2 rings (SSSR count). The summed E-state index contributed by atoms with van der Waals surface area (Å²) in [4.78, 5) is 34.2. The number of anilines is 1. The summed E-state index contributed by atoms with van der Waals surface area (Å²) < 4.78 is 27.7. The van der Waals surface area contributed by atoms with Crippen molar-refractivity contribution < 1.29 is 27.7 Å². The molecule has 1 fully saturated rings. The van der Waals surface area contributed by atoms with E-state index in [-0.39, 0.29) is 35.2 Å². The summed E-state index contributed by atoms with van der Waals surface area (Å²) in [5.41, 5.74) is -0.271. The Balaban J connectivity index is 1.90. The highest BCUT2D eigenvalue weighted by atomic mass is 32.2. The van der Waals surface area contributed by atoms with Gasteiger partial charge in [-0.15, -0.1) is 0 Å². The number of carbonyl (C=O) groups excluding carboxylic acids is 2. The molecule has 1 saturated heterocycles. The molecule has 2 atom stereocenters. The number of nitro benzene ring substituents is 1. The minimum Gasteiger partial charge on any atom is -0.453 e. The van der Waals surface area contributed by atoms with E-state index in [0.29, 0.717) is 6.42 Å². The van der Waals surface area contributed by atoms with Gasteiger partial charge < -0.3 is 10.1 Å². The Bertz CT molecular complexity index is 791. The molecule has 136 valence electrons. The average molecular weight is 370 g/mol. The van der Waals surface area contributed by atoms with E-state index in [1.807, 2.05) is 0 Å². The fourth-order valence-corrected chi connectivity index (χ4v) is 4.40. The Hall–Kier alpha value is -2.49. The predicted octanol–water partition coefficient (Wildman–Crippen LogP) is 1.29. The second-order valence-corrected chi connectivity index (χ2v) is 8.10. The summed E-state index contributed by atoms with van der Waals surface area (Å²) in [6.45, 7) is 1.34. The molecule has 0 aliphatic carbocycles. The van der Waals surface area contributed by atoms with Gasteiger partial charge in [0.15, 0.2) is 15.9 Å². The van der Waals surface area contributed by atoms with Crippen molar-refractivity contribution in [2.24, 2.45) is 5.92 Å². The van der Waals surface area contributed by atoms with E-state index in [1.165, 1.54) is 31.2 Å². The van der Waals surface area contributed by atoms with Crippen LogP contribution in [0.1, 0.15) is 19.8 Å². The minimum absolute atomic E-state index is 0.00212. The first kappa shape index (κ1) is 18.8. The number of sulfone groups is 1. The van der Waals surface area contributed by atoms with Crippen molar-refractivity contribution in [3.63, 3.8) is 0 Å². The maximum Gasteiger partial charge on any atom is 0.306 e. The molecule has 0 spiro atoms. The number of nitro groups is 1. The Morgan fingerprint density at radius 3 is 2.68 bits per heavy atom. The van der Waals surface area contributed by atoms with Crippen LogP contribution >= 0.6 is 0 Å². The molecule has 1 N–H and O–H groups in total. The monoisotopic (exact) mass is 370 g/mol. The van der Waals surface area contributed by atoms with E-state index in [9.17, 15) is 28.1 Å². The molecule has 0 radical (unpaired) electrons. The van der Waals surface area contributed by atoms with Gasteiger partial charge in [0, 0.05) is 12.5 Å². The fraction of sp³-hybridized carbons (Fsp3) is 0.467. The van der Waals surface area contributed by atoms with Crippen LogP contribution in [0.25, 0.3) is 0 Å². The molecular formula is C15H18N2O7S. The standard InChI is InChI=1S/C15H18N2O7S/c1-10(24-14(18)8-11-6-7-25(22,23)9-11)15(19)16-12-4-2-3-5-13(12)17(20)21/h2-5,10-11H,6-9H2,1H3,(H,16,19)/t10-,11+/m1/s1. The van der Waals surface area contributed by atoms with Crippen molar-refractivity contribution in [1.29, 1.82) is 0 Å². The molecular weight excluding hydrogens is 352 g/mol. The lowest BCUT2D eigenvalue weighted by atomic mass is 10.1. The number of para-hydroxylation sites is 2. The van der Waals surface area contributed by atoms with Crippen molar-refractivity contribution in [3.05, 3.63) is 34.4 Å². The minimum atomic E-state index is -3.09. The molecule has 1 aromatic carbocycles. The van der Waals surface area contributed by atoms with Gasteiger partial charge in [0.2, 0.25) is 0 Å². The zero-order valence-corrected chi connectivity index (χ0v) is 14.3. The first-order valence-corrected chi connectivity index (χ1v) is 9.44. The maximum atomic E-state index is 12.1. The highest BCUT2D eigenvalue weighted by Gasteiger charge is 2.31. The number of amides is 1. The number of ether oxygens (including phenoxy) is 1. The van der Waals surface area contributed by atoms with Gasteiger partial charge in [-0.3, -0.25) is 19.7 Å². The van der Waals surface area contributed by atoms with Crippen LogP contribution in [-0.2, 0) is 24.2 Å². The number of benzene rings is 1. The Labute approximate surface area is 144 Å². The highest BCUT2D eigenvalue weighted by molar-refractivity contribution is 7.91. The topological polar surface area (TPSA) is 133 Å². The Morgan fingerprint density at radius 1 is 1.40 bits per heavy atom. The number of nitrogens with one attached hydrogen (secondary N) is 1. The van der Waals surface area contributed by atoms with E-state index < -0.39 is 32.7 Å². The molecule has 1 aliphatic heterocycles. The van der Waals surface area contributed by atoms with E-state index in [4.69, 9.17) is 4.74 Å². The van der Waals surface area contributed by atoms with Gasteiger partial charge >= 0.3 is 5.97 Å². The van der Waals surface area contributed by atoms with Gasteiger partial charge in [0.05, 0.1) is 16.4 Å². The molecule has 10 heteroatoms. The number of hydrogen-bond acceptors (Lipinski definition) is 7. The normalized spacial score (nSPS) is 19.8. The average Bonchev–Trinajstić information content (AvgIpc) is 2.86. The summed E-state index contributed by atoms with van der Waals surface area (Å²) in [7, 11) is -3.09. The molecule has 1 aromatic rings. The van der Waals surface area contributed by atoms with E-state index in [0.717, 1.165) is 0 Å². The van der Waals surface area contributed by atoms with Gasteiger partial charge in [0.1, 0.15) is 5.69 Å². The van der Waals surface area contributed by atoms with Crippen molar-refractivity contribution in [2.75, 3.05) is 16.8 Å². The van der Waals surface area contributed by atoms with Crippen molar-refractivity contribution in [2.45, 2.75) is 25.9 Å². The summed E-state index contributed by atoms with van der Waals surface area (Å²) >= 11 is 0. The van der Waals surface area contributed by atoms with Crippen LogP contribution in [0.4, 0.5) is 11.4 Å². The first-order chi connectivity index (χ1) is 11.7. The lowest BCUT2D eigenvalue weighted by Crippen LogP contribution is -2.30. The quantitative estimate of drug-likeness (QED) is 0.453. The van der Waals surface area contributed by atoms with E-state index >= 15 is 0 Å². The highest BCUT2D eigenvalue weighted by Crippen LogP contribution is 2.24. The smallest absolute Gasteiger partial charge is 0.306 e. The van der Waals surface area contributed by atoms with E-state index in [2.05, 4.69) is 5.32 Å². The van der Waals surface area contributed by atoms with Gasteiger partial charge in [0.25, 0.3) is 11.6 Å². The van der Waals surface area contributed by atoms with Crippen molar-refractivity contribution >= 4 is 33.1 Å². The number of carbonyl (C=O) groups is 2. The molecule has 0 aromatic heterocycles. The maximum absolute atomic E-state index is 12.1.